The molecule has 0 saturated carbocycles. The molecule has 0 aliphatic heterocycles. The van der Waals surface area contributed by atoms with Crippen LogP contribution in [0.5, 0.6) is 11.5 Å². The summed E-state index contributed by atoms with van der Waals surface area (Å²) in [5, 5.41) is 2.89. The summed E-state index contributed by atoms with van der Waals surface area (Å²) in [4.78, 5) is 12.9. The van der Waals surface area contributed by atoms with Crippen molar-refractivity contribution in [3.8, 4) is 11.5 Å². The normalized spacial score (nSPS) is 12.1. The molecule has 0 unspecified atom stereocenters. The Balaban J connectivity index is 2.01. The second kappa shape index (κ2) is 11.6. The molecule has 0 aliphatic rings. The van der Waals surface area contributed by atoms with Crippen LogP contribution in [0, 0.1) is 0 Å². The van der Waals surface area contributed by atoms with Gasteiger partial charge in [0.1, 0.15) is 17.5 Å². The summed E-state index contributed by atoms with van der Waals surface area (Å²) in [7, 11) is -2.16. The van der Waals surface area contributed by atoms with Crippen LogP contribution in [0.25, 0.3) is 0 Å². The molecule has 0 radical (unpaired) electrons. The molecule has 0 saturated heterocycles. The molecule has 1 N–H and O–H groups in total. The third-order valence-electron chi connectivity index (χ3n) is 4.81. The number of sulfonamides is 1. The number of carbonyl (C=O) groups excluding carboxylic acids is 1. The van der Waals surface area contributed by atoms with E-state index in [1.54, 1.807) is 31.2 Å². The van der Waals surface area contributed by atoms with E-state index in [0.29, 0.717) is 31.0 Å². The van der Waals surface area contributed by atoms with Crippen LogP contribution in [0.1, 0.15) is 32.3 Å². The first-order valence-corrected chi connectivity index (χ1v) is 12.3. The lowest BCUT2D eigenvalue weighted by atomic mass is 10.1. The van der Waals surface area contributed by atoms with Crippen molar-refractivity contribution < 1.29 is 22.7 Å². The molecule has 0 fully saturated rings. The fraction of sp³-hybridized carbons (Fsp3) is 0.435. The number of nitrogens with zero attached hydrogens (tertiary/aromatic N) is 1. The number of rotatable bonds is 12. The molecule has 2 aromatic rings. The Hall–Kier alpha value is -2.74. The predicted molar refractivity (Wildman–Crippen MR) is 123 cm³/mol. The van der Waals surface area contributed by atoms with E-state index in [1.165, 1.54) is 7.11 Å². The fourth-order valence-corrected chi connectivity index (χ4v) is 4.55. The van der Waals surface area contributed by atoms with E-state index >= 15 is 0 Å². The lowest BCUT2D eigenvalue weighted by Crippen LogP contribution is -2.49. The number of anilines is 1. The predicted octanol–water partition coefficient (Wildman–Crippen LogP) is 3.39. The van der Waals surface area contributed by atoms with Crippen LogP contribution in [0.4, 0.5) is 5.69 Å². The monoisotopic (exact) mass is 448 g/mol. The maximum Gasteiger partial charge on any atom is 0.243 e. The minimum atomic E-state index is -3.68. The minimum Gasteiger partial charge on any atom is -0.497 e. The van der Waals surface area contributed by atoms with Crippen molar-refractivity contribution >= 4 is 21.6 Å². The maximum atomic E-state index is 12.9. The summed E-state index contributed by atoms with van der Waals surface area (Å²) < 4.78 is 36.8. The maximum absolute atomic E-state index is 12.9. The summed E-state index contributed by atoms with van der Waals surface area (Å²) in [5.74, 6) is 1.04. The van der Waals surface area contributed by atoms with E-state index in [4.69, 9.17) is 9.47 Å². The third-order valence-corrected chi connectivity index (χ3v) is 5.99. The highest BCUT2D eigenvalue weighted by Crippen LogP contribution is 2.26. The molecule has 0 heterocycles. The van der Waals surface area contributed by atoms with E-state index in [1.807, 2.05) is 31.2 Å². The number of aryl methyl sites for hydroxylation is 1. The molecule has 8 heteroatoms. The van der Waals surface area contributed by atoms with E-state index < -0.39 is 16.1 Å². The Morgan fingerprint density at radius 1 is 1.10 bits per heavy atom. The van der Waals surface area contributed by atoms with Gasteiger partial charge in [0.2, 0.25) is 15.9 Å². The zero-order valence-corrected chi connectivity index (χ0v) is 19.4. The van der Waals surface area contributed by atoms with Gasteiger partial charge in [-0.1, -0.05) is 25.1 Å². The Morgan fingerprint density at radius 2 is 1.81 bits per heavy atom. The summed E-state index contributed by atoms with van der Waals surface area (Å²) in [6.07, 6.45) is 2.99. The third kappa shape index (κ3) is 7.17. The number of ether oxygens (including phenoxy) is 2. The number of amides is 1. The lowest BCUT2D eigenvalue weighted by molar-refractivity contribution is -0.122. The average Bonchev–Trinajstić information content (AvgIpc) is 2.75. The van der Waals surface area contributed by atoms with Crippen molar-refractivity contribution in [2.24, 2.45) is 0 Å². The lowest BCUT2D eigenvalue weighted by Gasteiger charge is -2.30. The van der Waals surface area contributed by atoms with Gasteiger partial charge in [-0.2, -0.15) is 0 Å². The summed E-state index contributed by atoms with van der Waals surface area (Å²) in [6.45, 7) is 4.82. The van der Waals surface area contributed by atoms with E-state index in [-0.39, 0.29) is 5.91 Å². The quantitative estimate of drug-likeness (QED) is 0.503. The van der Waals surface area contributed by atoms with Crippen LogP contribution in [0.15, 0.2) is 48.5 Å². The van der Waals surface area contributed by atoms with E-state index in [0.717, 1.165) is 34.7 Å². The SMILES string of the molecule is CCOc1ccc(CCCNC(=O)[C@H](CC)N(c2cccc(OC)c2)S(C)(=O)=O)cc1. The van der Waals surface area contributed by atoms with Gasteiger partial charge in [0.25, 0.3) is 0 Å². The Morgan fingerprint density at radius 3 is 2.39 bits per heavy atom. The number of hydrogen-bond donors (Lipinski definition) is 1. The van der Waals surface area contributed by atoms with E-state index in [2.05, 4.69) is 5.32 Å². The van der Waals surface area contributed by atoms with Crippen LogP contribution < -0.4 is 19.1 Å². The van der Waals surface area contributed by atoms with Gasteiger partial charge in [-0.3, -0.25) is 9.10 Å². The molecule has 31 heavy (non-hydrogen) atoms. The van der Waals surface area contributed by atoms with Crippen molar-refractivity contribution in [3.63, 3.8) is 0 Å². The molecule has 2 rings (SSSR count). The van der Waals surface area contributed by atoms with Crippen LogP contribution in [-0.4, -0.2) is 46.9 Å². The zero-order valence-electron chi connectivity index (χ0n) is 18.6. The number of benzene rings is 2. The molecule has 2 aromatic carbocycles. The smallest absolute Gasteiger partial charge is 0.243 e. The molecule has 170 valence electrons. The molecule has 0 aliphatic carbocycles. The van der Waals surface area contributed by atoms with Gasteiger partial charge in [-0.05, 0) is 56.0 Å². The Bertz CT molecular complexity index is 945. The molecule has 1 atom stereocenters. The summed E-state index contributed by atoms with van der Waals surface area (Å²) >= 11 is 0. The Kier molecular flexibility index (Phi) is 9.18. The number of hydrogen-bond acceptors (Lipinski definition) is 5. The van der Waals surface area contributed by atoms with Crippen LogP contribution in [0.2, 0.25) is 0 Å². The first kappa shape index (κ1) is 24.5. The average molecular weight is 449 g/mol. The van der Waals surface area contributed by atoms with Crippen LogP contribution in [-0.2, 0) is 21.2 Å². The molecule has 1 amide bonds. The standard InChI is InChI=1S/C23H32N2O5S/c1-5-22(25(31(4,27)28)19-10-7-11-21(17-19)29-3)23(26)24-16-8-9-18-12-14-20(15-13-18)30-6-2/h7,10-15,17,22H,5-6,8-9,16H2,1-4H3,(H,24,26)/t22-/m0/s1. The highest BCUT2D eigenvalue weighted by Gasteiger charge is 2.31. The van der Waals surface area contributed by atoms with Gasteiger partial charge < -0.3 is 14.8 Å². The molecule has 0 aromatic heterocycles. The zero-order chi connectivity index (χ0) is 22.9. The highest BCUT2D eigenvalue weighted by molar-refractivity contribution is 7.92. The number of carbonyl (C=O) groups is 1. The van der Waals surface area contributed by atoms with Gasteiger partial charge in [-0.25, -0.2) is 8.42 Å². The molecule has 0 spiro atoms. The Labute approximate surface area is 185 Å². The number of methoxy groups -OCH3 is 1. The minimum absolute atomic E-state index is 0.317. The van der Waals surface area contributed by atoms with Crippen molar-refractivity contribution in [1.82, 2.24) is 5.32 Å². The summed E-state index contributed by atoms with van der Waals surface area (Å²) in [6, 6.07) is 13.7. The van der Waals surface area contributed by atoms with Crippen molar-refractivity contribution in [2.75, 3.05) is 30.8 Å². The summed E-state index contributed by atoms with van der Waals surface area (Å²) in [5.41, 5.74) is 1.55. The largest absolute Gasteiger partial charge is 0.497 e. The van der Waals surface area contributed by atoms with Gasteiger partial charge in [0.05, 0.1) is 25.7 Å². The van der Waals surface area contributed by atoms with Crippen molar-refractivity contribution in [3.05, 3.63) is 54.1 Å². The first-order chi connectivity index (χ1) is 14.8. The van der Waals surface area contributed by atoms with Gasteiger partial charge in [-0.15, -0.1) is 0 Å². The number of nitrogens with one attached hydrogen (secondary N) is 1. The highest BCUT2D eigenvalue weighted by atomic mass is 32.2. The molecular weight excluding hydrogens is 416 g/mol. The van der Waals surface area contributed by atoms with Gasteiger partial charge >= 0.3 is 0 Å². The van der Waals surface area contributed by atoms with Crippen molar-refractivity contribution in [1.29, 1.82) is 0 Å². The fourth-order valence-electron chi connectivity index (χ4n) is 3.35. The van der Waals surface area contributed by atoms with Crippen molar-refractivity contribution in [2.45, 2.75) is 39.2 Å². The van der Waals surface area contributed by atoms with E-state index in [9.17, 15) is 13.2 Å². The molecule has 0 bridgehead atoms. The second-order valence-corrected chi connectivity index (χ2v) is 9.02. The first-order valence-electron chi connectivity index (χ1n) is 10.4. The van der Waals surface area contributed by atoms with Gasteiger partial charge in [0, 0.05) is 12.6 Å². The topological polar surface area (TPSA) is 84.9 Å². The van der Waals surface area contributed by atoms with Crippen LogP contribution >= 0.6 is 0 Å². The molecule has 7 nitrogen and oxygen atoms in total. The second-order valence-electron chi connectivity index (χ2n) is 7.16. The van der Waals surface area contributed by atoms with Crippen LogP contribution in [0.3, 0.4) is 0 Å². The molecular formula is C23H32N2O5S. The van der Waals surface area contributed by atoms with Gasteiger partial charge in [0.15, 0.2) is 0 Å².